The van der Waals surface area contributed by atoms with Gasteiger partial charge in [0.25, 0.3) is 0 Å². The smallest absolute Gasteiger partial charge is 0.419 e. The first-order valence-electron chi connectivity index (χ1n) is 10.7. The van der Waals surface area contributed by atoms with Crippen LogP contribution in [0.4, 0.5) is 5.69 Å². The van der Waals surface area contributed by atoms with Crippen molar-refractivity contribution in [3.8, 4) is 11.5 Å². The number of sulfonamides is 1. The van der Waals surface area contributed by atoms with E-state index >= 15 is 0 Å². The Bertz CT molecular complexity index is 1370. The highest BCUT2D eigenvalue weighted by Crippen LogP contribution is 2.32. The topological polar surface area (TPSA) is 120 Å². The molecule has 2 aromatic carbocycles. The number of aromatic nitrogens is 1. The van der Waals surface area contributed by atoms with Crippen molar-refractivity contribution in [2.24, 2.45) is 0 Å². The number of carbonyl (C=O) groups is 1. The molecule has 10 nitrogen and oxygen atoms in total. The number of nitrogens with one attached hydrogen (secondary N) is 1. The number of carbonyl (C=O) groups excluding carboxylic acids is 1. The van der Waals surface area contributed by atoms with Gasteiger partial charge < -0.3 is 19.2 Å². The summed E-state index contributed by atoms with van der Waals surface area (Å²) in [7, 11) is -3.62. The Morgan fingerprint density at radius 3 is 2.55 bits per heavy atom. The Balaban J connectivity index is 1.29. The molecule has 1 amide bonds. The molecule has 0 aliphatic carbocycles. The third kappa shape index (κ3) is 4.21. The first-order valence-corrected chi connectivity index (χ1v) is 12.2. The van der Waals surface area contributed by atoms with E-state index in [2.05, 4.69) is 5.32 Å². The highest BCUT2D eigenvalue weighted by molar-refractivity contribution is 7.89. The van der Waals surface area contributed by atoms with Crippen molar-refractivity contribution in [1.29, 1.82) is 0 Å². The van der Waals surface area contributed by atoms with Crippen LogP contribution < -0.4 is 20.5 Å². The van der Waals surface area contributed by atoms with Crippen molar-refractivity contribution in [2.75, 3.05) is 31.6 Å². The molecule has 1 fully saturated rings. The van der Waals surface area contributed by atoms with Gasteiger partial charge in [-0.25, -0.2) is 13.2 Å². The van der Waals surface area contributed by atoms with E-state index in [-0.39, 0.29) is 29.4 Å². The van der Waals surface area contributed by atoms with Gasteiger partial charge in [0, 0.05) is 43.9 Å². The van der Waals surface area contributed by atoms with Gasteiger partial charge in [-0.3, -0.25) is 9.36 Å². The molecule has 2 aliphatic rings. The first-order chi connectivity index (χ1) is 15.9. The predicted octanol–water partition coefficient (Wildman–Crippen LogP) is 2.18. The van der Waals surface area contributed by atoms with Gasteiger partial charge in [0.05, 0.1) is 10.4 Å². The number of aryl methyl sites for hydroxylation is 1. The summed E-state index contributed by atoms with van der Waals surface area (Å²) in [5, 5.41) is 2.78. The van der Waals surface area contributed by atoms with Gasteiger partial charge in [-0.2, -0.15) is 4.31 Å². The molecule has 0 saturated carbocycles. The van der Waals surface area contributed by atoms with Crippen LogP contribution in [0.15, 0.2) is 50.5 Å². The fourth-order valence-electron chi connectivity index (χ4n) is 4.05. The normalized spacial score (nSPS) is 16.2. The van der Waals surface area contributed by atoms with Gasteiger partial charge in [0.2, 0.25) is 15.9 Å². The van der Waals surface area contributed by atoms with Crippen molar-refractivity contribution in [3.63, 3.8) is 0 Å². The second kappa shape index (κ2) is 8.56. The highest BCUT2D eigenvalue weighted by Gasteiger charge is 2.28. The molecule has 0 bridgehead atoms. The molecule has 33 heavy (non-hydrogen) atoms. The molecule has 0 radical (unpaired) electrons. The van der Waals surface area contributed by atoms with Crippen molar-refractivity contribution in [2.45, 2.75) is 30.7 Å². The first kappa shape index (κ1) is 21.5. The van der Waals surface area contributed by atoms with E-state index in [9.17, 15) is 18.0 Å². The molecule has 1 aromatic heterocycles. The lowest BCUT2D eigenvalue weighted by Gasteiger charge is -2.19. The molecule has 5 rings (SSSR count). The third-order valence-corrected chi connectivity index (χ3v) is 7.63. The molecule has 1 N–H and O–H groups in total. The summed E-state index contributed by atoms with van der Waals surface area (Å²) in [6.45, 7) is 1.99. The number of rotatable bonds is 6. The van der Waals surface area contributed by atoms with E-state index < -0.39 is 15.8 Å². The zero-order valence-corrected chi connectivity index (χ0v) is 18.6. The van der Waals surface area contributed by atoms with Crippen LogP contribution in [-0.4, -0.2) is 49.5 Å². The quantitative estimate of drug-likeness (QED) is 0.583. The van der Waals surface area contributed by atoms with Crippen LogP contribution in [0, 0.1) is 0 Å². The Labute approximate surface area is 189 Å². The average molecular weight is 474 g/mol. The van der Waals surface area contributed by atoms with Crippen LogP contribution >= 0.6 is 0 Å². The van der Waals surface area contributed by atoms with Crippen LogP contribution in [0.1, 0.15) is 19.3 Å². The van der Waals surface area contributed by atoms with E-state index in [1.54, 1.807) is 24.3 Å². The molecule has 1 saturated heterocycles. The van der Waals surface area contributed by atoms with Crippen molar-refractivity contribution in [3.05, 3.63) is 46.9 Å². The average Bonchev–Trinajstić information content (AvgIpc) is 3.45. The summed E-state index contributed by atoms with van der Waals surface area (Å²) in [6, 6.07) is 9.52. The minimum Gasteiger partial charge on any atom is -0.486 e. The van der Waals surface area contributed by atoms with E-state index in [4.69, 9.17) is 13.9 Å². The van der Waals surface area contributed by atoms with Crippen LogP contribution in [-0.2, 0) is 21.4 Å². The lowest BCUT2D eigenvalue weighted by atomic mass is 10.2. The number of ether oxygens (including phenoxy) is 2. The number of amides is 1. The summed E-state index contributed by atoms with van der Waals surface area (Å²) in [5.41, 5.74) is 1.17. The zero-order chi connectivity index (χ0) is 23.0. The maximum Gasteiger partial charge on any atom is 0.419 e. The summed E-state index contributed by atoms with van der Waals surface area (Å²) in [4.78, 5) is 24.9. The number of nitrogens with zero attached hydrogens (tertiary/aromatic N) is 2. The van der Waals surface area contributed by atoms with Gasteiger partial charge in [0.1, 0.15) is 13.2 Å². The molecule has 174 valence electrons. The molecule has 2 aliphatic heterocycles. The lowest BCUT2D eigenvalue weighted by Crippen LogP contribution is -2.27. The fraction of sp³-hybridized carbons (Fsp3) is 0.364. The number of oxazole rings is 1. The largest absolute Gasteiger partial charge is 0.486 e. The minimum atomic E-state index is -3.62. The molecule has 0 spiro atoms. The van der Waals surface area contributed by atoms with Crippen molar-refractivity contribution < 1.29 is 27.1 Å². The van der Waals surface area contributed by atoms with E-state index in [1.807, 2.05) is 0 Å². The Morgan fingerprint density at radius 1 is 1.00 bits per heavy atom. The molecule has 3 heterocycles. The standard InChI is InChI=1S/C22H23N3O7S/c26-21(23-15-3-6-18-20(13-15)31-12-11-30-18)7-10-25-17-5-4-16(14-19(17)32-22(25)27)33(28,29)24-8-1-2-9-24/h3-6,13-14H,1-2,7-12H2,(H,23,26). The van der Waals surface area contributed by atoms with Crippen LogP contribution in [0.5, 0.6) is 11.5 Å². The second-order valence-corrected chi connectivity index (χ2v) is 9.85. The Hall–Kier alpha value is -3.31. The summed E-state index contributed by atoms with van der Waals surface area (Å²) in [6.07, 6.45) is 1.69. The third-order valence-electron chi connectivity index (χ3n) is 5.73. The number of hydrogen-bond donors (Lipinski definition) is 1. The Morgan fingerprint density at radius 2 is 1.76 bits per heavy atom. The van der Waals surface area contributed by atoms with Gasteiger partial charge in [-0.1, -0.05) is 0 Å². The van der Waals surface area contributed by atoms with Gasteiger partial charge in [-0.05, 0) is 37.1 Å². The van der Waals surface area contributed by atoms with Crippen LogP contribution in [0.3, 0.4) is 0 Å². The molecule has 3 aromatic rings. The number of fused-ring (bicyclic) bond motifs is 2. The van der Waals surface area contributed by atoms with E-state index in [0.29, 0.717) is 49.0 Å². The monoisotopic (exact) mass is 473 g/mol. The fourth-order valence-corrected chi connectivity index (χ4v) is 5.59. The molecule has 0 unspecified atom stereocenters. The minimum absolute atomic E-state index is 0.0246. The number of benzene rings is 2. The lowest BCUT2D eigenvalue weighted by molar-refractivity contribution is -0.116. The highest BCUT2D eigenvalue weighted by atomic mass is 32.2. The SMILES string of the molecule is O=C(CCn1c(=O)oc2cc(S(=O)(=O)N3CCCC3)ccc21)Nc1ccc2c(c1)OCCO2. The summed E-state index contributed by atoms with van der Waals surface area (Å²) < 4.78 is 44.6. The molecular formula is C22H23N3O7S. The maximum absolute atomic E-state index is 12.8. The van der Waals surface area contributed by atoms with Gasteiger partial charge in [0.15, 0.2) is 17.1 Å². The molecule has 0 atom stereocenters. The van der Waals surface area contributed by atoms with Crippen LogP contribution in [0.2, 0.25) is 0 Å². The van der Waals surface area contributed by atoms with Crippen molar-refractivity contribution >= 4 is 32.7 Å². The summed E-state index contributed by atoms with van der Waals surface area (Å²) in [5.74, 6) is 0.256. The van der Waals surface area contributed by atoms with Crippen LogP contribution in [0.25, 0.3) is 11.1 Å². The van der Waals surface area contributed by atoms with E-state index in [0.717, 1.165) is 12.8 Å². The number of hydrogen-bond acceptors (Lipinski definition) is 7. The maximum atomic E-state index is 12.8. The van der Waals surface area contributed by atoms with E-state index in [1.165, 1.54) is 21.0 Å². The number of anilines is 1. The second-order valence-electron chi connectivity index (χ2n) is 7.92. The zero-order valence-electron chi connectivity index (χ0n) is 17.8. The predicted molar refractivity (Wildman–Crippen MR) is 119 cm³/mol. The summed E-state index contributed by atoms with van der Waals surface area (Å²) >= 11 is 0. The van der Waals surface area contributed by atoms with Gasteiger partial charge in [-0.15, -0.1) is 0 Å². The van der Waals surface area contributed by atoms with Gasteiger partial charge >= 0.3 is 5.76 Å². The van der Waals surface area contributed by atoms with Crippen molar-refractivity contribution in [1.82, 2.24) is 8.87 Å². The Kier molecular flexibility index (Phi) is 5.59. The molecular weight excluding hydrogens is 450 g/mol. The molecule has 11 heteroatoms.